The Morgan fingerprint density at radius 1 is 1.19 bits per heavy atom. The molecule has 21 heavy (non-hydrogen) atoms. The molecule has 0 aliphatic heterocycles. The molecule has 6 nitrogen and oxygen atoms in total. The van der Waals surface area contributed by atoms with Crippen molar-refractivity contribution in [3.63, 3.8) is 0 Å². The fraction of sp³-hybridized carbons (Fsp3) is 0.357. The number of thioether (sulfide) groups is 1. The lowest BCUT2D eigenvalue weighted by Crippen LogP contribution is -1.91. The zero-order valence-corrected chi connectivity index (χ0v) is 12.9. The summed E-state index contributed by atoms with van der Waals surface area (Å²) in [5, 5.41) is 8.39. The first-order chi connectivity index (χ1) is 10.1. The Hall–Kier alpha value is -2.02. The quantitative estimate of drug-likeness (QED) is 0.728. The second-order valence-electron chi connectivity index (χ2n) is 4.27. The highest BCUT2D eigenvalue weighted by atomic mass is 32.2. The van der Waals surface area contributed by atoms with Crippen molar-refractivity contribution in [2.24, 2.45) is 0 Å². The van der Waals surface area contributed by atoms with E-state index in [-0.39, 0.29) is 5.78 Å². The highest BCUT2D eigenvalue weighted by Gasteiger charge is 2.12. The Labute approximate surface area is 126 Å². The molecular formula is C14H16N2O4S. The Bertz CT molecular complexity index is 605. The van der Waals surface area contributed by atoms with Crippen LogP contribution in [0.3, 0.4) is 0 Å². The summed E-state index contributed by atoms with van der Waals surface area (Å²) >= 11 is 1.36. The second-order valence-corrected chi connectivity index (χ2v) is 5.32. The lowest BCUT2D eigenvalue weighted by Gasteiger charge is -2.05. The molecule has 0 saturated carbocycles. The number of hydrogen-bond donors (Lipinski definition) is 0. The van der Waals surface area contributed by atoms with Gasteiger partial charge in [0, 0.05) is 23.8 Å². The molecular weight excluding hydrogens is 292 g/mol. The third-order valence-electron chi connectivity index (χ3n) is 2.68. The number of Topliss-reactive ketones (excluding diaryl/α,β-unsaturated/α-hetero) is 1. The Morgan fingerprint density at radius 3 is 2.43 bits per heavy atom. The van der Waals surface area contributed by atoms with Crippen LogP contribution in [0.1, 0.15) is 13.3 Å². The number of ether oxygens (including phenoxy) is 2. The van der Waals surface area contributed by atoms with Crippen molar-refractivity contribution in [2.45, 2.75) is 18.6 Å². The van der Waals surface area contributed by atoms with Crippen molar-refractivity contribution < 1.29 is 18.7 Å². The van der Waals surface area contributed by atoms with Crippen LogP contribution < -0.4 is 9.47 Å². The molecule has 1 aromatic heterocycles. The lowest BCUT2D eigenvalue weighted by molar-refractivity contribution is -0.116. The largest absolute Gasteiger partial charge is 0.497 e. The summed E-state index contributed by atoms with van der Waals surface area (Å²) in [6.45, 7) is 1.56. The van der Waals surface area contributed by atoms with Gasteiger partial charge in [0.15, 0.2) is 0 Å². The third-order valence-corrected chi connectivity index (χ3v) is 3.50. The fourth-order valence-electron chi connectivity index (χ4n) is 1.60. The van der Waals surface area contributed by atoms with E-state index in [9.17, 15) is 4.79 Å². The van der Waals surface area contributed by atoms with Crippen LogP contribution in [0.5, 0.6) is 11.5 Å². The van der Waals surface area contributed by atoms with Crippen LogP contribution in [-0.4, -0.2) is 36.0 Å². The molecule has 0 bridgehead atoms. The van der Waals surface area contributed by atoms with Gasteiger partial charge in [-0.05, 0) is 19.1 Å². The van der Waals surface area contributed by atoms with Crippen LogP contribution in [0, 0.1) is 0 Å². The van der Waals surface area contributed by atoms with E-state index in [1.807, 2.05) is 0 Å². The predicted octanol–water partition coefficient (Wildman–Crippen LogP) is 2.83. The summed E-state index contributed by atoms with van der Waals surface area (Å²) in [5.74, 6) is 2.44. The maximum absolute atomic E-state index is 10.9. The van der Waals surface area contributed by atoms with Crippen LogP contribution in [0.25, 0.3) is 11.5 Å². The van der Waals surface area contributed by atoms with Crippen LogP contribution in [0.2, 0.25) is 0 Å². The van der Waals surface area contributed by atoms with E-state index in [2.05, 4.69) is 10.2 Å². The molecule has 0 radical (unpaired) electrons. The summed E-state index contributed by atoms with van der Waals surface area (Å²) in [5.41, 5.74) is 0.720. The monoisotopic (exact) mass is 308 g/mol. The molecule has 0 spiro atoms. The number of rotatable bonds is 7. The van der Waals surface area contributed by atoms with Gasteiger partial charge in [-0.25, -0.2) is 0 Å². The van der Waals surface area contributed by atoms with Gasteiger partial charge in [0.05, 0.1) is 14.2 Å². The maximum atomic E-state index is 10.9. The van der Waals surface area contributed by atoms with Gasteiger partial charge in [-0.1, -0.05) is 11.8 Å². The smallest absolute Gasteiger partial charge is 0.276 e. The molecule has 0 unspecified atom stereocenters. The molecule has 1 aromatic carbocycles. The van der Waals surface area contributed by atoms with Gasteiger partial charge in [-0.15, -0.1) is 10.2 Å². The van der Waals surface area contributed by atoms with Crippen LogP contribution in [0.4, 0.5) is 0 Å². The van der Waals surface area contributed by atoms with Gasteiger partial charge < -0.3 is 13.9 Å². The summed E-state index contributed by atoms with van der Waals surface area (Å²) < 4.78 is 16.0. The standard InChI is InChI=1S/C14H16N2O4S/c1-9(17)4-5-21-14-16-15-13(20-14)10-6-11(18-2)8-12(7-10)19-3/h6-8H,4-5H2,1-3H3. The van der Waals surface area contributed by atoms with Crippen LogP contribution in [0.15, 0.2) is 27.8 Å². The minimum absolute atomic E-state index is 0.139. The Kier molecular flexibility index (Phi) is 5.21. The lowest BCUT2D eigenvalue weighted by atomic mass is 10.2. The van der Waals surface area contributed by atoms with E-state index >= 15 is 0 Å². The minimum atomic E-state index is 0.139. The molecule has 0 N–H and O–H groups in total. The van der Waals surface area contributed by atoms with E-state index in [0.717, 1.165) is 5.56 Å². The minimum Gasteiger partial charge on any atom is -0.497 e. The van der Waals surface area contributed by atoms with Crippen molar-refractivity contribution in [1.82, 2.24) is 10.2 Å². The van der Waals surface area contributed by atoms with Gasteiger partial charge in [0.25, 0.3) is 5.22 Å². The first-order valence-corrected chi connectivity index (χ1v) is 7.30. The average Bonchev–Trinajstić information content (AvgIpc) is 2.95. The number of hydrogen-bond acceptors (Lipinski definition) is 7. The predicted molar refractivity (Wildman–Crippen MR) is 78.9 cm³/mol. The number of benzene rings is 1. The molecule has 0 atom stereocenters. The average molecular weight is 308 g/mol. The second kappa shape index (κ2) is 7.12. The Balaban J connectivity index is 2.15. The number of nitrogens with zero attached hydrogens (tertiary/aromatic N) is 2. The molecule has 0 aliphatic carbocycles. The summed E-state index contributed by atoms with van der Waals surface area (Å²) in [6, 6.07) is 5.35. The van der Waals surface area contributed by atoms with Crippen molar-refractivity contribution in [2.75, 3.05) is 20.0 Å². The third kappa shape index (κ3) is 4.22. The van der Waals surface area contributed by atoms with Crippen molar-refractivity contribution in [3.8, 4) is 23.0 Å². The molecule has 1 heterocycles. The molecule has 0 fully saturated rings. The van der Waals surface area contributed by atoms with Gasteiger partial charge in [0.2, 0.25) is 5.89 Å². The highest BCUT2D eigenvalue weighted by molar-refractivity contribution is 7.99. The summed E-state index contributed by atoms with van der Waals surface area (Å²) in [6.07, 6.45) is 0.482. The fourth-order valence-corrected chi connectivity index (χ4v) is 2.40. The number of methoxy groups -OCH3 is 2. The first kappa shape index (κ1) is 15.4. The zero-order chi connectivity index (χ0) is 15.2. The number of carbonyl (C=O) groups is 1. The molecule has 0 saturated heterocycles. The number of aromatic nitrogens is 2. The van der Waals surface area contributed by atoms with Gasteiger partial charge in [-0.2, -0.15) is 0 Å². The van der Waals surface area contributed by atoms with E-state index in [1.165, 1.54) is 11.8 Å². The van der Waals surface area contributed by atoms with Crippen LogP contribution >= 0.6 is 11.8 Å². The highest BCUT2D eigenvalue weighted by Crippen LogP contribution is 2.30. The SMILES string of the molecule is COc1cc(OC)cc(-c2nnc(SCCC(C)=O)o2)c1. The van der Waals surface area contributed by atoms with Crippen molar-refractivity contribution in [3.05, 3.63) is 18.2 Å². The summed E-state index contributed by atoms with van der Waals surface area (Å²) in [7, 11) is 3.16. The molecule has 7 heteroatoms. The molecule has 0 aliphatic rings. The van der Waals surface area contributed by atoms with Gasteiger partial charge in [0.1, 0.15) is 17.3 Å². The first-order valence-electron chi connectivity index (χ1n) is 6.31. The molecule has 2 rings (SSSR count). The molecule has 0 amide bonds. The van der Waals surface area contributed by atoms with E-state index in [0.29, 0.717) is 34.8 Å². The van der Waals surface area contributed by atoms with Gasteiger partial charge in [-0.3, -0.25) is 4.79 Å². The van der Waals surface area contributed by atoms with Crippen molar-refractivity contribution in [1.29, 1.82) is 0 Å². The zero-order valence-electron chi connectivity index (χ0n) is 12.1. The van der Waals surface area contributed by atoms with Crippen LogP contribution in [-0.2, 0) is 4.79 Å². The maximum Gasteiger partial charge on any atom is 0.276 e. The molecule has 2 aromatic rings. The topological polar surface area (TPSA) is 74.5 Å². The van der Waals surface area contributed by atoms with Crippen molar-refractivity contribution >= 4 is 17.5 Å². The normalized spacial score (nSPS) is 10.4. The van der Waals surface area contributed by atoms with E-state index in [1.54, 1.807) is 39.3 Å². The Morgan fingerprint density at radius 2 is 1.86 bits per heavy atom. The summed E-state index contributed by atoms with van der Waals surface area (Å²) in [4.78, 5) is 10.9. The molecule has 112 valence electrons. The van der Waals surface area contributed by atoms with Gasteiger partial charge >= 0.3 is 0 Å². The van der Waals surface area contributed by atoms with E-state index in [4.69, 9.17) is 13.9 Å². The number of carbonyl (C=O) groups excluding carboxylic acids is 1. The number of ketones is 1. The van der Waals surface area contributed by atoms with E-state index < -0.39 is 0 Å².